The zero-order valence-corrected chi connectivity index (χ0v) is 17.9. The first kappa shape index (κ1) is 21.3. The van der Waals surface area contributed by atoms with Crippen LogP contribution in [0.5, 0.6) is 0 Å². The van der Waals surface area contributed by atoms with Crippen molar-refractivity contribution in [3.63, 3.8) is 0 Å². The van der Waals surface area contributed by atoms with E-state index in [2.05, 4.69) is 90.1 Å². The standard InChI is InChI=1S/C20H28N4.HI/c1-16-7-5-6-8-18(16)15-23-20(21-2)22-14-13-17-9-11-19(12-10-17)24(3)4;/h5-12H,13-15H2,1-4H3,(H2,21,22,23);1H. The van der Waals surface area contributed by atoms with Crippen molar-refractivity contribution in [1.29, 1.82) is 0 Å². The van der Waals surface area contributed by atoms with E-state index < -0.39 is 0 Å². The Morgan fingerprint density at radius 1 is 1.00 bits per heavy atom. The summed E-state index contributed by atoms with van der Waals surface area (Å²) in [7, 11) is 5.92. The van der Waals surface area contributed by atoms with Crippen LogP contribution in [-0.2, 0) is 13.0 Å². The highest BCUT2D eigenvalue weighted by Gasteiger charge is 2.01. The van der Waals surface area contributed by atoms with Gasteiger partial charge in [-0.1, -0.05) is 36.4 Å². The summed E-state index contributed by atoms with van der Waals surface area (Å²) < 4.78 is 0. The third-order valence-corrected chi connectivity index (χ3v) is 4.09. The molecule has 2 aromatic carbocycles. The number of nitrogens with one attached hydrogen (secondary N) is 2. The average molecular weight is 452 g/mol. The monoisotopic (exact) mass is 452 g/mol. The maximum Gasteiger partial charge on any atom is 0.191 e. The van der Waals surface area contributed by atoms with E-state index in [4.69, 9.17) is 0 Å². The topological polar surface area (TPSA) is 39.7 Å². The number of anilines is 1. The minimum atomic E-state index is 0. The fourth-order valence-electron chi connectivity index (χ4n) is 2.49. The van der Waals surface area contributed by atoms with Crippen molar-refractivity contribution in [3.05, 3.63) is 65.2 Å². The van der Waals surface area contributed by atoms with Gasteiger partial charge < -0.3 is 15.5 Å². The predicted octanol–water partition coefficient (Wildman–Crippen LogP) is 3.59. The highest BCUT2D eigenvalue weighted by atomic mass is 127. The molecule has 0 radical (unpaired) electrons. The van der Waals surface area contributed by atoms with E-state index in [-0.39, 0.29) is 24.0 Å². The van der Waals surface area contributed by atoms with E-state index in [9.17, 15) is 0 Å². The normalized spacial score (nSPS) is 10.8. The van der Waals surface area contributed by atoms with Crippen LogP contribution in [0.2, 0.25) is 0 Å². The second-order valence-corrected chi connectivity index (χ2v) is 6.09. The van der Waals surface area contributed by atoms with Gasteiger partial charge in [-0.05, 0) is 42.2 Å². The van der Waals surface area contributed by atoms with Crippen LogP contribution in [-0.4, -0.2) is 33.6 Å². The molecule has 2 N–H and O–H groups in total. The van der Waals surface area contributed by atoms with Crippen LogP contribution in [0.1, 0.15) is 16.7 Å². The first-order valence-electron chi connectivity index (χ1n) is 8.35. The third kappa shape index (κ3) is 6.94. The molecule has 0 fully saturated rings. The molecule has 0 saturated heterocycles. The lowest BCUT2D eigenvalue weighted by atomic mass is 10.1. The summed E-state index contributed by atoms with van der Waals surface area (Å²) >= 11 is 0. The molecule has 0 bridgehead atoms. The van der Waals surface area contributed by atoms with Crippen LogP contribution < -0.4 is 15.5 Å². The first-order chi connectivity index (χ1) is 11.6. The molecule has 0 saturated carbocycles. The molecule has 0 aliphatic carbocycles. The zero-order chi connectivity index (χ0) is 17.4. The second-order valence-electron chi connectivity index (χ2n) is 6.09. The van der Waals surface area contributed by atoms with Crippen LogP contribution in [0.15, 0.2) is 53.5 Å². The maximum absolute atomic E-state index is 4.29. The van der Waals surface area contributed by atoms with Crippen molar-refractivity contribution >= 4 is 35.6 Å². The van der Waals surface area contributed by atoms with Crippen LogP contribution in [0.25, 0.3) is 0 Å². The Kier molecular flexibility index (Phi) is 9.34. The van der Waals surface area contributed by atoms with E-state index in [1.165, 1.54) is 22.4 Å². The van der Waals surface area contributed by atoms with E-state index >= 15 is 0 Å². The van der Waals surface area contributed by atoms with Crippen molar-refractivity contribution in [2.45, 2.75) is 19.9 Å². The number of rotatable bonds is 6. The van der Waals surface area contributed by atoms with Crippen molar-refractivity contribution in [1.82, 2.24) is 10.6 Å². The molecule has 5 heteroatoms. The van der Waals surface area contributed by atoms with Crippen LogP contribution >= 0.6 is 24.0 Å². The smallest absolute Gasteiger partial charge is 0.191 e. The lowest BCUT2D eigenvalue weighted by molar-refractivity contribution is 0.792. The van der Waals surface area contributed by atoms with Gasteiger partial charge in [0.2, 0.25) is 0 Å². The lowest BCUT2D eigenvalue weighted by Crippen LogP contribution is -2.38. The average Bonchev–Trinajstić information content (AvgIpc) is 2.59. The summed E-state index contributed by atoms with van der Waals surface area (Å²) in [5, 5.41) is 6.74. The molecule has 2 rings (SSSR count). The maximum atomic E-state index is 4.29. The Morgan fingerprint density at radius 2 is 1.68 bits per heavy atom. The lowest BCUT2D eigenvalue weighted by Gasteiger charge is -2.14. The molecule has 136 valence electrons. The summed E-state index contributed by atoms with van der Waals surface area (Å²) in [4.78, 5) is 6.40. The van der Waals surface area contributed by atoms with E-state index in [1.54, 1.807) is 7.05 Å². The molecular formula is C20H29IN4. The number of benzene rings is 2. The molecule has 0 heterocycles. The Hall–Kier alpha value is -1.76. The minimum Gasteiger partial charge on any atom is -0.378 e. The number of hydrogen-bond acceptors (Lipinski definition) is 2. The van der Waals surface area contributed by atoms with Gasteiger partial charge in [-0.25, -0.2) is 0 Å². The molecule has 0 aliphatic heterocycles. The quantitative estimate of drug-likeness (QED) is 0.400. The second kappa shape index (κ2) is 11.0. The van der Waals surface area contributed by atoms with Gasteiger partial charge in [-0.15, -0.1) is 24.0 Å². The number of aryl methyl sites for hydroxylation is 1. The fourth-order valence-corrected chi connectivity index (χ4v) is 2.49. The van der Waals surface area contributed by atoms with Gasteiger partial charge in [0.25, 0.3) is 0 Å². The molecule has 0 amide bonds. The number of aliphatic imine (C=N–C) groups is 1. The summed E-state index contributed by atoms with van der Waals surface area (Å²) in [6.45, 7) is 3.77. The molecular weight excluding hydrogens is 423 g/mol. The van der Waals surface area contributed by atoms with Crippen molar-refractivity contribution in [3.8, 4) is 0 Å². The van der Waals surface area contributed by atoms with Crippen molar-refractivity contribution in [2.24, 2.45) is 4.99 Å². The molecule has 0 aromatic heterocycles. The molecule has 25 heavy (non-hydrogen) atoms. The molecule has 4 nitrogen and oxygen atoms in total. The molecule has 0 atom stereocenters. The summed E-state index contributed by atoms with van der Waals surface area (Å²) in [6, 6.07) is 17.1. The molecule has 2 aromatic rings. The third-order valence-electron chi connectivity index (χ3n) is 4.09. The zero-order valence-electron chi connectivity index (χ0n) is 15.5. The highest BCUT2D eigenvalue weighted by Crippen LogP contribution is 2.12. The Labute approximate surface area is 168 Å². The predicted molar refractivity (Wildman–Crippen MR) is 119 cm³/mol. The number of guanidine groups is 1. The van der Waals surface area contributed by atoms with Crippen LogP contribution in [0, 0.1) is 6.92 Å². The van der Waals surface area contributed by atoms with Gasteiger partial charge in [-0.2, -0.15) is 0 Å². The van der Waals surface area contributed by atoms with Crippen molar-refractivity contribution < 1.29 is 0 Å². The van der Waals surface area contributed by atoms with Gasteiger partial charge in [-0.3, -0.25) is 4.99 Å². The minimum absolute atomic E-state index is 0. The summed E-state index contributed by atoms with van der Waals surface area (Å²) in [5.41, 5.74) is 5.13. The van der Waals surface area contributed by atoms with Gasteiger partial charge in [0.1, 0.15) is 0 Å². The first-order valence-corrected chi connectivity index (χ1v) is 8.35. The Bertz CT molecular complexity index is 666. The molecule has 0 aliphatic rings. The molecule has 0 unspecified atom stereocenters. The van der Waals surface area contributed by atoms with E-state index in [0.717, 1.165) is 25.5 Å². The number of nitrogens with zero attached hydrogens (tertiary/aromatic N) is 2. The summed E-state index contributed by atoms with van der Waals surface area (Å²) in [5.74, 6) is 0.836. The van der Waals surface area contributed by atoms with E-state index in [1.807, 2.05) is 0 Å². The fraction of sp³-hybridized carbons (Fsp3) is 0.350. The Morgan fingerprint density at radius 3 is 2.28 bits per heavy atom. The highest BCUT2D eigenvalue weighted by molar-refractivity contribution is 14.0. The van der Waals surface area contributed by atoms with Gasteiger partial charge >= 0.3 is 0 Å². The molecule has 0 spiro atoms. The van der Waals surface area contributed by atoms with E-state index in [0.29, 0.717) is 0 Å². The summed E-state index contributed by atoms with van der Waals surface area (Å²) in [6.07, 6.45) is 0.971. The number of halogens is 1. The SMILES string of the molecule is CN=C(NCCc1ccc(N(C)C)cc1)NCc1ccccc1C.I. The van der Waals surface area contributed by atoms with Gasteiger partial charge in [0.15, 0.2) is 5.96 Å². The van der Waals surface area contributed by atoms with Gasteiger partial charge in [0.05, 0.1) is 0 Å². The van der Waals surface area contributed by atoms with Crippen LogP contribution in [0.3, 0.4) is 0 Å². The van der Waals surface area contributed by atoms with Gasteiger partial charge in [0, 0.05) is 39.9 Å². The largest absolute Gasteiger partial charge is 0.378 e. The Balaban J connectivity index is 0.00000312. The van der Waals surface area contributed by atoms with Crippen LogP contribution in [0.4, 0.5) is 5.69 Å². The number of hydrogen-bond donors (Lipinski definition) is 2. The van der Waals surface area contributed by atoms with Crippen molar-refractivity contribution in [2.75, 3.05) is 32.6 Å².